The zero-order chi connectivity index (χ0) is 18.8. The Morgan fingerprint density at radius 3 is 2.46 bits per heavy atom. The summed E-state index contributed by atoms with van der Waals surface area (Å²) in [6, 6.07) is 11.8. The summed E-state index contributed by atoms with van der Waals surface area (Å²) in [7, 11) is 1.58. The third-order valence-electron chi connectivity index (χ3n) is 4.70. The molecule has 6 heteroatoms. The summed E-state index contributed by atoms with van der Waals surface area (Å²) in [6.07, 6.45) is 0. The van der Waals surface area contributed by atoms with Gasteiger partial charge in [0.25, 0.3) is 5.91 Å². The molecule has 2 aromatic carbocycles. The topological polar surface area (TPSA) is 49.9 Å². The Hall–Kier alpha value is -2.53. The van der Waals surface area contributed by atoms with Crippen LogP contribution in [0.3, 0.4) is 0 Å². The number of hydrogen-bond acceptors (Lipinski definition) is 3. The smallest absolute Gasteiger partial charge is 0.254 e. The predicted octanol–water partition coefficient (Wildman–Crippen LogP) is 3.53. The summed E-state index contributed by atoms with van der Waals surface area (Å²) >= 11 is 6.01. The fourth-order valence-electron chi connectivity index (χ4n) is 3.21. The lowest BCUT2D eigenvalue weighted by molar-refractivity contribution is -0.124. The first kappa shape index (κ1) is 18.3. The maximum Gasteiger partial charge on any atom is 0.254 e. The van der Waals surface area contributed by atoms with Crippen molar-refractivity contribution >= 4 is 29.1 Å². The van der Waals surface area contributed by atoms with Gasteiger partial charge in [-0.3, -0.25) is 9.59 Å². The minimum Gasteiger partial charge on any atom is -0.497 e. The molecule has 1 heterocycles. The van der Waals surface area contributed by atoms with Gasteiger partial charge >= 0.3 is 0 Å². The molecule has 2 amide bonds. The molecule has 136 valence electrons. The summed E-state index contributed by atoms with van der Waals surface area (Å²) in [5, 5.41) is 0.639. The number of amides is 2. The molecule has 1 fully saturated rings. The van der Waals surface area contributed by atoms with Crippen LogP contribution in [0.4, 0.5) is 5.69 Å². The van der Waals surface area contributed by atoms with Crippen molar-refractivity contribution in [1.29, 1.82) is 0 Å². The van der Waals surface area contributed by atoms with E-state index in [1.54, 1.807) is 54.2 Å². The SMILES string of the molecule is COc1ccc(C(=O)N2CCN(c3ccc(Cl)cc3C)C(=O)[C@H]2C)cc1. The Labute approximate surface area is 158 Å². The van der Waals surface area contributed by atoms with E-state index in [9.17, 15) is 9.59 Å². The summed E-state index contributed by atoms with van der Waals surface area (Å²) in [5.74, 6) is 0.443. The van der Waals surface area contributed by atoms with E-state index in [-0.39, 0.29) is 11.8 Å². The molecule has 0 radical (unpaired) electrons. The zero-order valence-electron chi connectivity index (χ0n) is 15.0. The molecule has 0 saturated carbocycles. The van der Waals surface area contributed by atoms with Gasteiger partial charge in [0.2, 0.25) is 5.91 Å². The molecule has 0 spiro atoms. The van der Waals surface area contributed by atoms with Crippen LogP contribution in [0.2, 0.25) is 5.02 Å². The van der Waals surface area contributed by atoms with E-state index in [2.05, 4.69) is 0 Å². The number of carbonyl (C=O) groups excluding carboxylic acids is 2. The predicted molar refractivity (Wildman–Crippen MR) is 102 cm³/mol. The van der Waals surface area contributed by atoms with E-state index < -0.39 is 6.04 Å². The zero-order valence-corrected chi connectivity index (χ0v) is 15.8. The molecule has 3 rings (SSSR count). The monoisotopic (exact) mass is 372 g/mol. The lowest BCUT2D eigenvalue weighted by Gasteiger charge is -2.39. The molecule has 5 nitrogen and oxygen atoms in total. The van der Waals surface area contributed by atoms with Gasteiger partial charge in [0.1, 0.15) is 11.8 Å². The average Bonchev–Trinajstić information content (AvgIpc) is 2.64. The van der Waals surface area contributed by atoms with E-state index >= 15 is 0 Å². The van der Waals surface area contributed by atoms with Crippen LogP contribution in [-0.4, -0.2) is 43.0 Å². The number of anilines is 1. The van der Waals surface area contributed by atoms with Crippen molar-refractivity contribution in [2.45, 2.75) is 19.9 Å². The average molecular weight is 373 g/mol. The molecule has 1 saturated heterocycles. The molecule has 26 heavy (non-hydrogen) atoms. The summed E-state index contributed by atoms with van der Waals surface area (Å²) in [5.41, 5.74) is 2.32. The first-order valence-electron chi connectivity index (χ1n) is 8.45. The molecule has 0 unspecified atom stereocenters. The second kappa shape index (κ2) is 7.38. The number of hydrogen-bond donors (Lipinski definition) is 0. The van der Waals surface area contributed by atoms with Crippen molar-refractivity contribution in [3.05, 3.63) is 58.6 Å². The maximum absolute atomic E-state index is 12.9. The number of nitrogens with zero attached hydrogens (tertiary/aromatic N) is 2. The molecular weight excluding hydrogens is 352 g/mol. The van der Waals surface area contributed by atoms with Crippen LogP contribution in [0, 0.1) is 6.92 Å². The van der Waals surface area contributed by atoms with Crippen LogP contribution in [0.5, 0.6) is 5.75 Å². The minimum atomic E-state index is -0.534. The molecule has 0 aliphatic carbocycles. The molecule has 1 aliphatic rings. The van der Waals surface area contributed by atoms with Gasteiger partial charge in [0.05, 0.1) is 7.11 Å². The van der Waals surface area contributed by atoms with Crippen LogP contribution in [0.25, 0.3) is 0 Å². The summed E-state index contributed by atoms with van der Waals surface area (Å²) in [4.78, 5) is 29.0. The van der Waals surface area contributed by atoms with E-state index in [4.69, 9.17) is 16.3 Å². The Kier molecular flexibility index (Phi) is 5.18. The van der Waals surface area contributed by atoms with Crippen molar-refractivity contribution in [1.82, 2.24) is 4.90 Å². The molecule has 0 bridgehead atoms. The van der Waals surface area contributed by atoms with Crippen LogP contribution in [-0.2, 0) is 4.79 Å². The van der Waals surface area contributed by atoms with Crippen molar-refractivity contribution in [2.24, 2.45) is 0 Å². The number of piperazine rings is 1. The normalized spacial score (nSPS) is 17.4. The van der Waals surface area contributed by atoms with Gasteiger partial charge in [-0.2, -0.15) is 0 Å². The van der Waals surface area contributed by atoms with Gasteiger partial charge in [0, 0.05) is 29.4 Å². The van der Waals surface area contributed by atoms with E-state index in [1.807, 2.05) is 19.1 Å². The fourth-order valence-corrected chi connectivity index (χ4v) is 3.43. The minimum absolute atomic E-state index is 0.0939. The van der Waals surface area contributed by atoms with Crippen molar-refractivity contribution in [3.63, 3.8) is 0 Å². The van der Waals surface area contributed by atoms with Gasteiger partial charge in [-0.05, 0) is 61.9 Å². The van der Waals surface area contributed by atoms with Crippen LogP contribution >= 0.6 is 11.6 Å². The first-order valence-corrected chi connectivity index (χ1v) is 8.82. The van der Waals surface area contributed by atoms with E-state index in [0.29, 0.717) is 29.4 Å². The van der Waals surface area contributed by atoms with Crippen molar-refractivity contribution in [2.75, 3.05) is 25.1 Å². The second-order valence-corrected chi connectivity index (χ2v) is 6.76. The summed E-state index contributed by atoms with van der Waals surface area (Å²) < 4.78 is 5.12. The highest BCUT2D eigenvalue weighted by atomic mass is 35.5. The van der Waals surface area contributed by atoms with E-state index in [0.717, 1.165) is 11.3 Å². The Morgan fingerprint density at radius 1 is 1.15 bits per heavy atom. The van der Waals surface area contributed by atoms with Gasteiger partial charge < -0.3 is 14.5 Å². The molecule has 1 aliphatic heterocycles. The molecular formula is C20H21ClN2O3. The largest absolute Gasteiger partial charge is 0.497 e. The molecule has 1 atom stereocenters. The number of rotatable bonds is 3. The number of carbonyl (C=O) groups is 2. The number of benzene rings is 2. The molecule has 0 N–H and O–H groups in total. The highest BCUT2D eigenvalue weighted by Crippen LogP contribution is 2.27. The first-order chi connectivity index (χ1) is 12.4. The molecule has 0 aromatic heterocycles. The van der Waals surface area contributed by atoms with Crippen LogP contribution < -0.4 is 9.64 Å². The third-order valence-corrected chi connectivity index (χ3v) is 4.94. The van der Waals surface area contributed by atoms with Gasteiger partial charge in [-0.15, -0.1) is 0 Å². The summed E-state index contributed by atoms with van der Waals surface area (Å²) in [6.45, 7) is 4.61. The number of ether oxygens (including phenoxy) is 1. The van der Waals surface area contributed by atoms with Gasteiger partial charge in [0.15, 0.2) is 0 Å². The molecule has 2 aromatic rings. The van der Waals surface area contributed by atoms with Crippen molar-refractivity contribution in [3.8, 4) is 5.75 Å². The van der Waals surface area contributed by atoms with E-state index in [1.165, 1.54) is 0 Å². The highest BCUT2D eigenvalue weighted by Gasteiger charge is 2.35. The number of methoxy groups -OCH3 is 1. The lowest BCUT2D eigenvalue weighted by Crippen LogP contribution is -2.57. The standard InChI is InChI=1S/C20H21ClN2O3/c1-13-12-16(21)6-9-18(13)23-11-10-22(14(2)19(23)24)20(25)15-4-7-17(26-3)8-5-15/h4-9,12,14H,10-11H2,1-3H3/t14-/m1/s1. The Morgan fingerprint density at radius 2 is 1.85 bits per heavy atom. The second-order valence-electron chi connectivity index (χ2n) is 6.32. The van der Waals surface area contributed by atoms with Crippen LogP contribution in [0.1, 0.15) is 22.8 Å². The fraction of sp³-hybridized carbons (Fsp3) is 0.300. The Bertz CT molecular complexity index is 835. The van der Waals surface area contributed by atoms with Crippen LogP contribution in [0.15, 0.2) is 42.5 Å². The third kappa shape index (κ3) is 3.40. The maximum atomic E-state index is 12.9. The quantitative estimate of drug-likeness (QED) is 0.828. The number of aryl methyl sites for hydroxylation is 1. The Balaban J connectivity index is 1.79. The van der Waals surface area contributed by atoms with Gasteiger partial charge in [-0.1, -0.05) is 11.6 Å². The lowest BCUT2D eigenvalue weighted by atomic mass is 10.1. The van der Waals surface area contributed by atoms with Gasteiger partial charge in [-0.25, -0.2) is 0 Å². The highest BCUT2D eigenvalue weighted by molar-refractivity contribution is 6.30. The number of halogens is 1. The van der Waals surface area contributed by atoms with Crippen molar-refractivity contribution < 1.29 is 14.3 Å².